The second-order valence-corrected chi connectivity index (χ2v) is 13.6. The highest BCUT2D eigenvalue weighted by atomic mass is 16.3. The van der Waals surface area contributed by atoms with Crippen LogP contribution >= 0.6 is 0 Å². The van der Waals surface area contributed by atoms with E-state index in [4.69, 9.17) is 19.4 Å². The van der Waals surface area contributed by atoms with Crippen molar-refractivity contribution in [1.29, 1.82) is 0 Å². The first-order valence-electron chi connectivity index (χ1n) is 18.4. The van der Waals surface area contributed by atoms with Gasteiger partial charge >= 0.3 is 0 Å². The van der Waals surface area contributed by atoms with Crippen molar-refractivity contribution in [2.24, 2.45) is 0 Å². The van der Waals surface area contributed by atoms with Crippen molar-refractivity contribution in [3.8, 4) is 78.7 Å². The Labute approximate surface area is 319 Å². The van der Waals surface area contributed by atoms with Gasteiger partial charge in [-0.2, -0.15) is 0 Å². The number of rotatable bonds is 7. The fourth-order valence-corrected chi connectivity index (χ4v) is 7.37. The molecule has 0 aliphatic carbocycles. The Morgan fingerprint density at radius 2 is 0.655 bits per heavy atom. The number of aromatic nitrogens is 3. The third kappa shape index (κ3) is 6.26. The van der Waals surface area contributed by atoms with Gasteiger partial charge in [0.15, 0.2) is 17.5 Å². The molecule has 0 amide bonds. The molecule has 258 valence electrons. The van der Waals surface area contributed by atoms with E-state index < -0.39 is 0 Å². The minimum atomic E-state index is 0.580. The van der Waals surface area contributed by atoms with Crippen molar-refractivity contribution in [2.75, 3.05) is 0 Å². The lowest BCUT2D eigenvalue weighted by Gasteiger charge is -2.14. The fraction of sp³-hybridized carbons (Fsp3) is 0. The van der Waals surface area contributed by atoms with Crippen LogP contribution in [0.15, 0.2) is 205 Å². The maximum Gasteiger partial charge on any atom is 0.164 e. The van der Waals surface area contributed by atoms with E-state index in [1.807, 2.05) is 54.6 Å². The summed E-state index contributed by atoms with van der Waals surface area (Å²) in [5.41, 5.74) is 13.2. The number of hydrogen-bond donors (Lipinski definition) is 0. The second-order valence-electron chi connectivity index (χ2n) is 13.6. The van der Waals surface area contributed by atoms with Crippen molar-refractivity contribution < 1.29 is 4.42 Å². The van der Waals surface area contributed by atoms with E-state index in [0.717, 1.165) is 83.1 Å². The van der Waals surface area contributed by atoms with Gasteiger partial charge in [-0.1, -0.05) is 164 Å². The third-order valence-electron chi connectivity index (χ3n) is 10.1. The number of para-hydroxylation sites is 1. The lowest BCUT2D eigenvalue weighted by Crippen LogP contribution is -2.00. The Hall–Kier alpha value is -7.43. The number of furan rings is 1. The van der Waals surface area contributed by atoms with Crippen LogP contribution in [0.2, 0.25) is 0 Å². The van der Waals surface area contributed by atoms with Gasteiger partial charge in [0.05, 0.1) is 0 Å². The molecule has 4 heteroatoms. The maximum absolute atomic E-state index is 6.62. The lowest BCUT2D eigenvalue weighted by atomic mass is 9.92. The van der Waals surface area contributed by atoms with Gasteiger partial charge in [-0.05, 0) is 80.9 Å². The van der Waals surface area contributed by atoms with Crippen LogP contribution in [-0.4, -0.2) is 15.0 Å². The van der Waals surface area contributed by atoms with Gasteiger partial charge in [-0.25, -0.2) is 15.0 Å². The molecule has 8 aromatic carbocycles. The highest BCUT2D eigenvalue weighted by Crippen LogP contribution is 2.41. The zero-order valence-corrected chi connectivity index (χ0v) is 29.8. The van der Waals surface area contributed by atoms with Crippen molar-refractivity contribution in [3.05, 3.63) is 200 Å². The molecule has 0 N–H and O–H groups in total. The predicted octanol–water partition coefficient (Wildman–Crippen LogP) is 13.4. The molecule has 0 fully saturated rings. The van der Waals surface area contributed by atoms with E-state index >= 15 is 0 Å². The molecule has 10 rings (SSSR count). The molecule has 0 spiro atoms. The van der Waals surface area contributed by atoms with Crippen molar-refractivity contribution in [3.63, 3.8) is 0 Å². The predicted molar refractivity (Wildman–Crippen MR) is 225 cm³/mol. The van der Waals surface area contributed by atoms with Crippen LogP contribution in [0.5, 0.6) is 0 Å². The van der Waals surface area contributed by atoms with Gasteiger partial charge in [0.1, 0.15) is 11.2 Å². The molecule has 55 heavy (non-hydrogen) atoms. The Balaban J connectivity index is 1.21. The third-order valence-corrected chi connectivity index (χ3v) is 10.1. The smallest absolute Gasteiger partial charge is 0.164 e. The van der Waals surface area contributed by atoms with E-state index in [2.05, 4.69) is 146 Å². The highest BCUT2D eigenvalue weighted by molar-refractivity contribution is 6.13. The van der Waals surface area contributed by atoms with E-state index in [-0.39, 0.29) is 0 Å². The summed E-state index contributed by atoms with van der Waals surface area (Å²) in [4.78, 5) is 15.5. The van der Waals surface area contributed by atoms with Gasteiger partial charge < -0.3 is 4.42 Å². The highest BCUT2D eigenvalue weighted by Gasteiger charge is 2.20. The van der Waals surface area contributed by atoms with Crippen molar-refractivity contribution >= 4 is 21.9 Å². The standard InChI is InChI=1S/C51H33N3O/c1-5-15-34(16-6-1)37-25-27-39(28-26-37)50-52-49(38-21-11-4-12-22-38)53-51(54-50)45-32-43(33-47-48(45)44-23-13-14-24-46(44)55-47)42-30-40(35-17-7-2-8-18-35)29-41(31-42)36-19-9-3-10-20-36/h1-33H. The van der Waals surface area contributed by atoms with Crippen molar-refractivity contribution in [1.82, 2.24) is 15.0 Å². The van der Waals surface area contributed by atoms with E-state index in [1.165, 1.54) is 0 Å². The maximum atomic E-state index is 6.62. The summed E-state index contributed by atoms with van der Waals surface area (Å²) in [5, 5.41) is 1.98. The molecule has 0 atom stereocenters. The summed E-state index contributed by atoms with van der Waals surface area (Å²) < 4.78 is 6.62. The molecular weight excluding hydrogens is 671 g/mol. The summed E-state index contributed by atoms with van der Waals surface area (Å²) in [7, 11) is 0. The summed E-state index contributed by atoms with van der Waals surface area (Å²) in [6, 6.07) is 69.4. The summed E-state index contributed by atoms with van der Waals surface area (Å²) in [5.74, 6) is 1.79. The Morgan fingerprint density at radius 3 is 1.22 bits per heavy atom. The number of nitrogens with zero attached hydrogens (tertiary/aromatic N) is 3. The van der Waals surface area contributed by atoms with Crippen LogP contribution in [0.4, 0.5) is 0 Å². The van der Waals surface area contributed by atoms with Crippen LogP contribution in [0, 0.1) is 0 Å². The summed E-state index contributed by atoms with van der Waals surface area (Å²) in [6.45, 7) is 0. The normalized spacial score (nSPS) is 11.3. The molecule has 10 aromatic rings. The first-order valence-corrected chi connectivity index (χ1v) is 18.4. The van der Waals surface area contributed by atoms with Gasteiger partial charge in [0.25, 0.3) is 0 Å². The topological polar surface area (TPSA) is 51.8 Å². The Morgan fingerprint density at radius 1 is 0.273 bits per heavy atom. The molecule has 2 aromatic heterocycles. The first-order chi connectivity index (χ1) is 27.2. The summed E-state index contributed by atoms with van der Waals surface area (Å²) >= 11 is 0. The quantitative estimate of drug-likeness (QED) is 0.166. The number of hydrogen-bond acceptors (Lipinski definition) is 4. The second kappa shape index (κ2) is 13.8. The zero-order valence-electron chi connectivity index (χ0n) is 29.8. The van der Waals surface area contributed by atoms with Gasteiger partial charge in [-0.3, -0.25) is 0 Å². The minimum Gasteiger partial charge on any atom is -0.456 e. The van der Waals surface area contributed by atoms with Gasteiger partial charge in [-0.15, -0.1) is 0 Å². The number of benzene rings is 8. The molecule has 0 aliphatic rings. The van der Waals surface area contributed by atoms with Gasteiger partial charge in [0, 0.05) is 27.5 Å². The van der Waals surface area contributed by atoms with Crippen LogP contribution in [0.1, 0.15) is 0 Å². The van der Waals surface area contributed by atoms with E-state index in [1.54, 1.807) is 0 Å². The molecule has 0 bridgehead atoms. The average Bonchev–Trinajstić information content (AvgIpc) is 3.66. The van der Waals surface area contributed by atoms with Gasteiger partial charge in [0.2, 0.25) is 0 Å². The van der Waals surface area contributed by atoms with Crippen LogP contribution in [-0.2, 0) is 0 Å². The average molecular weight is 704 g/mol. The molecule has 0 radical (unpaired) electrons. The monoisotopic (exact) mass is 703 g/mol. The SMILES string of the molecule is c1ccc(-c2ccc(-c3nc(-c4ccccc4)nc(-c4cc(-c5cc(-c6ccccc6)cc(-c6ccccc6)c5)cc5oc6ccccc6c45)n3)cc2)cc1. The Kier molecular flexibility index (Phi) is 8.12. The number of fused-ring (bicyclic) bond motifs is 3. The van der Waals surface area contributed by atoms with Crippen LogP contribution < -0.4 is 0 Å². The molecule has 0 unspecified atom stereocenters. The lowest BCUT2D eigenvalue weighted by molar-refractivity contribution is 0.669. The molecule has 4 nitrogen and oxygen atoms in total. The van der Waals surface area contributed by atoms with Crippen LogP contribution in [0.3, 0.4) is 0 Å². The molecule has 0 aliphatic heterocycles. The van der Waals surface area contributed by atoms with E-state index in [0.29, 0.717) is 17.5 Å². The largest absolute Gasteiger partial charge is 0.456 e. The zero-order chi connectivity index (χ0) is 36.6. The molecule has 0 saturated heterocycles. The summed E-state index contributed by atoms with van der Waals surface area (Å²) in [6.07, 6.45) is 0. The first kappa shape index (κ1) is 32.2. The van der Waals surface area contributed by atoms with Crippen LogP contribution in [0.25, 0.3) is 101 Å². The molecular formula is C51H33N3O. The van der Waals surface area contributed by atoms with Crippen molar-refractivity contribution in [2.45, 2.75) is 0 Å². The molecule has 0 saturated carbocycles. The molecule has 2 heterocycles. The Bertz CT molecular complexity index is 2880. The minimum absolute atomic E-state index is 0.580. The van der Waals surface area contributed by atoms with E-state index in [9.17, 15) is 0 Å². The fourth-order valence-electron chi connectivity index (χ4n) is 7.37.